The molecular formula is C13H13NO5S. The van der Waals surface area contributed by atoms with E-state index in [1.165, 1.54) is 25.6 Å². The molecule has 1 heterocycles. The lowest BCUT2D eigenvalue weighted by molar-refractivity contribution is -0.136. The van der Waals surface area contributed by atoms with E-state index < -0.39 is 5.97 Å². The van der Waals surface area contributed by atoms with Crippen molar-refractivity contribution < 1.29 is 24.2 Å². The highest BCUT2D eigenvalue weighted by Gasteiger charge is 2.16. The van der Waals surface area contributed by atoms with Crippen LogP contribution in [0.1, 0.15) is 22.6 Å². The zero-order valence-corrected chi connectivity index (χ0v) is 11.8. The second kappa shape index (κ2) is 5.87. The Morgan fingerprint density at radius 3 is 2.45 bits per heavy atom. The van der Waals surface area contributed by atoms with Crippen molar-refractivity contribution in [3.05, 3.63) is 17.1 Å². The van der Waals surface area contributed by atoms with Gasteiger partial charge >= 0.3 is 5.97 Å². The van der Waals surface area contributed by atoms with Crippen molar-refractivity contribution >= 4 is 33.3 Å². The quantitative estimate of drug-likeness (QED) is 0.823. The normalized spacial score (nSPS) is 10.5. The average Bonchev–Trinajstić information content (AvgIpc) is 2.85. The third-order valence-corrected chi connectivity index (χ3v) is 3.76. The summed E-state index contributed by atoms with van der Waals surface area (Å²) >= 11 is 1.22. The Hall–Kier alpha value is -2.15. The Balaban J connectivity index is 2.33. The number of carboxylic acids is 1. The number of carbonyl (C=O) groups excluding carboxylic acids is 1. The number of benzene rings is 1. The minimum atomic E-state index is -0.997. The monoisotopic (exact) mass is 295 g/mol. The van der Waals surface area contributed by atoms with Crippen LogP contribution in [-0.4, -0.2) is 36.1 Å². The van der Waals surface area contributed by atoms with E-state index in [2.05, 4.69) is 4.98 Å². The standard InChI is InChI=1S/C13H13NO5S/c1-18-9-5-7-11(6-10(9)19-2)20-13(14-7)8(15)3-4-12(16)17/h5-6H,3-4H2,1-2H3,(H,16,17). The number of rotatable bonds is 6. The summed E-state index contributed by atoms with van der Waals surface area (Å²) in [6, 6.07) is 3.44. The molecule has 2 rings (SSSR count). The second-order valence-corrected chi connectivity index (χ2v) is 5.04. The lowest BCUT2D eigenvalue weighted by Gasteiger charge is -2.05. The van der Waals surface area contributed by atoms with Crippen molar-refractivity contribution in [1.29, 1.82) is 0 Å². The zero-order chi connectivity index (χ0) is 14.7. The third kappa shape index (κ3) is 2.88. The van der Waals surface area contributed by atoms with Gasteiger partial charge in [0.15, 0.2) is 22.3 Å². The van der Waals surface area contributed by atoms with Crippen molar-refractivity contribution in [2.24, 2.45) is 0 Å². The topological polar surface area (TPSA) is 85.7 Å². The van der Waals surface area contributed by atoms with Crippen LogP contribution in [0.2, 0.25) is 0 Å². The minimum Gasteiger partial charge on any atom is -0.493 e. The Bertz CT molecular complexity index is 623. The number of carbonyl (C=O) groups is 2. The molecule has 2 aromatic rings. The Labute approximate surface area is 119 Å². The molecule has 1 aromatic heterocycles. The number of ether oxygens (including phenoxy) is 2. The van der Waals surface area contributed by atoms with E-state index in [0.29, 0.717) is 22.0 Å². The van der Waals surface area contributed by atoms with Gasteiger partial charge in [-0.05, 0) is 0 Å². The van der Waals surface area contributed by atoms with Crippen LogP contribution >= 0.6 is 11.3 Å². The van der Waals surface area contributed by atoms with Gasteiger partial charge in [0.25, 0.3) is 0 Å². The van der Waals surface area contributed by atoms with Crippen LogP contribution in [0.4, 0.5) is 0 Å². The van der Waals surface area contributed by atoms with E-state index in [1.807, 2.05) is 0 Å². The van der Waals surface area contributed by atoms with Gasteiger partial charge in [-0.1, -0.05) is 0 Å². The number of hydrogen-bond donors (Lipinski definition) is 1. The molecule has 6 nitrogen and oxygen atoms in total. The van der Waals surface area contributed by atoms with Crippen molar-refractivity contribution in [2.75, 3.05) is 14.2 Å². The second-order valence-electron chi connectivity index (χ2n) is 4.01. The van der Waals surface area contributed by atoms with Gasteiger partial charge in [0.1, 0.15) is 0 Å². The van der Waals surface area contributed by atoms with E-state index >= 15 is 0 Å². The number of hydrogen-bond acceptors (Lipinski definition) is 6. The summed E-state index contributed by atoms with van der Waals surface area (Å²) in [5.74, 6) is -0.169. The number of Topliss-reactive ketones (excluding diaryl/α,β-unsaturated/α-hetero) is 1. The van der Waals surface area contributed by atoms with Crippen molar-refractivity contribution in [3.8, 4) is 11.5 Å². The molecule has 0 aliphatic carbocycles. The maximum absolute atomic E-state index is 11.8. The number of methoxy groups -OCH3 is 2. The van der Waals surface area contributed by atoms with Gasteiger partial charge in [0.05, 0.1) is 30.9 Å². The molecule has 0 aliphatic heterocycles. The first kappa shape index (κ1) is 14.3. The number of aromatic nitrogens is 1. The number of thiazole rings is 1. The molecule has 20 heavy (non-hydrogen) atoms. The van der Waals surface area contributed by atoms with Crippen molar-refractivity contribution in [3.63, 3.8) is 0 Å². The number of ketones is 1. The summed E-state index contributed by atoms with van der Waals surface area (Å²) < 4.78 is 11.1. The summed E-state index contributed by atoms with van der Waals surface area (Å²) in [5.41, 5.74) is 0.631. The molecule has 0 spiro atoms. The van der Waals surface area contributed by atoms with E-state index in [9.17, 15) is 9.59 Å². The van der Waals surface area contributed by atoms with Crippen molar-refractivity contribution in [1.82, 2.24) is 4.98 Å². The molecule has 0 fully saturated rings. The third-order valence-electron chi connectivity index (χ3n) is 2.70. The van der Waals surface area contributed by atoms with Gasteiger partial charge in [-0.3, -0.25) is 9.59 Å². The first-order valence-corrected chi connectivity index (χ1v) is 6.64. The fourth-order valence-electron chi connectivity index (χ4n) is 1.70. The first-order valence-electron chi connectivity index (χ1n) is 5.82. The zero-order valence-electron chi connectivity index (χ0n) is 11.0. The fraction of sp³-hybridized carbons (Fsp3) is 0.308. The fourth-order valence-corrected chi connectivity index (χ4v) is 2.65. The van der Waals surface area contributed by atoms with Crippen LogP contribution in [0.5, 0.6) is 11.5 Å². The minimum absolute atomic E-state index is 0.0522. The van der Waals surface area contributed by atoms with Crippen LogP contribution < -0.4 is 9.47 Å². The largest absolute Gasteiger partial charge is 0.493 e. The molecule has 0 unspecified atom stereocenters. The molecule has 0 saturated heterocycles. The summed E-state index contributed by atoms with van der Waals surface area (Å²) in [5, 5.41) is 8.89. The summed E-state index contributed by atoms with van der Waals surface area (Å²) in [4.78, 5) is 26.5. The number of nitrogens with zero attached hydrogens (tertiary/aromatic N) is 1. The average molecular weight is 295 g/mol. The van der Waals surface area contributed by atoms with E-state index in [1.54, 1.807) is 12.1 Å². The highest BCUT2D eigenvalue weighted by atomic mass is 32.1. The predicted molar refractivity (Wildman–Crippen MR) is 73.9 cm³/mol. The van der Waals surface area contributed by atoms with E-state index in [0.717, 1.165) is 4.70 Å². The summed E-state index contributed by atoms with van der Waals surface area (Å²) in [7, 11) is 3.05. The Morgan fingerprint density at radius 1 is 1.20 bits per heavy atom. The maximum atomic E-state index is 11.8. The van der Waals surface area contributed by atoms with E-state index in [-0.39, 0.29) is 18.6 Å². The van der Waals surface area contributed by atoms with Gasteiger partial charge in [-0.25, -0.2) is 4.98 Å². The van der Waals surface area contributed by atoms with Gasteiger partial charge in [-0.15, -0.1) is 11.3 Å². The van der Waals surface area contributed by atoms with Crippen LogP contribution in [0.25, 0.3) is 10.2 Å². The lowest BCUT2D eigenvalue weighted by Crippen LogP contribution is -2.03. The van der Waals surface area contributed by atoms with Crippen LogP contribution in [0, 0.1) is 0 Å². The number of fused-ring (bicyclic) bond motifs is 1. The van der Waals surface area contributed by atoms with Crippen LogP contribution in [-0.2, 0) is 4.79 Å². The molecule has 1 aromatic carbocycles. The van der Waals surface area contributed by atoms with Gasteiger partial charge in [0, 0.05) is 18.6 Å². The molecule has 0 atom stereocenters. The highest BCUT2D eigenvalue weighted by Crippen LogP contribution is 2.34. The predicted octanol–water partition coefficient (Wildman–Crippen LogP) is 2.36. The Morgan fingerprint density at radius 2 is 1.85 bits per heavy atom. The molecule has 0 saturated carbocycles. The molecule has 0 bridgehead atoms. The molecular weight excluding hydrogens is 282 g/mol. The first-order chi connectivity index (χ1) is 9.55. The van der Waals surface area contributed by atoms with Gasteiger partial charge in [0.2, 0.25) is 0 Å². The molecule has 0 amide bonds. The summed E-state index contributed by atoms with van der Waals surface area (Å²) in [6.07, 6.45) is -0.245. The Kier molecular flexibility index (Phi) is 4.19. The smallest absolute Gasteiger partial charge is 0.303 e. The molecule has 0 radical (unpaired) electrons. The SMILES string of the molecule is COc1cc2nc(C(=O)CCC(=O)O)sc2cc1OC. The number of aliphatic carboxylic acids is 1. The molecule has 0 aliphatic rings. The van der Waals surface area contributed by atoms with Crippen molar-refractivity contribution in [2.45, 2.75) is 12.8 Å². The molecule has 1 N–H and O–H groups in total. The summed E-state index contributed by atoms with van der Waals surface area (Å²) in [6.45, 7) is 0. The van der Waals surface area contributed by atoms with Crippen LogP contribution in [0.15, 0.2) is 12.1 Å². The molecule has 7 heteroatoms. The van der Waals surface area contributed by atoms with Gasteiger partial charge in [-0.2, -0.15) is 0 Å². The highest BCUT2D eigenvalue weighted by molar-refractivity contribution is 7.20. The van der Waals surface area contributed by atoms with E-state index in [4.69, 9.17) is 14.6 Å². The molecule has 106 valence electrons. The maximum Gasteiger partial charge on any atom is 0.303 e. The van der Waals surface area contributed by atoms with Crippen LogP contribution in [0.3, 0.4) is 0 Å². The van der Waals surface area contributed by atoms with Gasteiger partial charge < -0.3 is 14.6 Å². The number of carboxylic acid groups (broad SMARTS) is 1. The lowest BCUT2D eigenvalue weighted by atomic mass is 10.2.